The van der Waals surface area contributed by atoms with Crippen molar-refractivity contribution >= 4 is 6.08 Å². The first kappa shape index (κ1) is 15.9. The summed E-state index contributed by atoms with van der Waals surface area (Å²) in [6.45, 7) is 2.19. The van der Waals surface area contributed by atoms with Crippen LogP contribution < -0.4 is 4.74 Å². The van der Waals surface area contributed by atoms with Crippen molar-refractivity contribution in [3.8, 4) is 5.75 Å². The Balaban J connectivity index is 1.99. The van der Waals surface area contributed by atoms with Crippen molar-refractivity contribution in [3.63, 3.8) is 0 Å². The second-order valence-corrected chi connectivity index (χ2v) is 5.52. The molecule has 0 fully saturated rings. The van der Waals surface area contributed by atoms with E-state index in [0.717, 1.165) is 30.4 Å². The number of aryl methyl sites for hydroxylation is 1. The topological polar surface area (TPSA) is 9.23 Å². The van der Waals surface area contributed by atoms with Gasteiger partial charge in [0.05, 0.1) is 0 Å². The number of hydrogen-bond donors (Lipinski definition) is 0. The lowest BCUT2D eigenvalue weighted by Crippen LogP contribution is -2.17. The van der Waals surface area contributed by atoms with Crippen molar-refractivity contribution in [1.82, 2.24) is 0 Å². The molecule has 0 unspecified atom stereocenters. The average molecular weight is 298 g/mol. The van der Waals surface area contributed by atoms with Crippen molar-refractivity contribution in [2.45, 2.75) is 58.2 Å². The Morgan fingerprint density at radius 3 is 2.62 bits per heavy atom. The van der Waals surface area contributed by atoms with Crippen LogP contribution >= 0.6 is 0 Å². The molecule has 1 aliphatic rings. The first-order valence-electron chi connectivity index (χ1n) is 7.56. The molecule has 0 aromatic heterocycles. The Labute approximate surface area is 123 Å². The van der Waals surface area contributed by atoms with E-state index in [0.29, 0.717) is 0 Å². The lowest BCUT2D eigenvalue weighted by Gasteiger charge is -2.18. The third-order valence-corrected chi connectivity index (χ3v) is 3.77. The molecule has 1 aromatic carbocycles. The van der Waals surface area contributed by atoms with E-state index in [1.165, 1.54) is 43.4 Å². The fourth-order valence-electron chi connectivity index (χ4n) is 2.70. The molecule has 0 saturated carbocycles. The minimum Gasteiger partial charge on any atom is -0.406 e. The molecular formula is C17H21F3O. The van der Waals surface area contributed by atoms with Gasteiger partial charge in [-0.25, -0.2) is 0 Å². The molecule has 0 saturated heterocycles. The lowest BCUT2D eigenvalue weighted by molar-refractivity contribution is -0.274. The zero-order valence-corrected chi connectivity index (χ0v) is 12.3. The Morgan fingerprint density at radius 1 is 1.10 bits per heavy atom. The van der Waals surface area contributed by atoms with Gasteiger partial charge in [0, 0.05) is 0 Å². The molecule has 0 radical (unpaired) electrons. The van der Waals surface area contributed by atoms with Gasteiger partial charge in [-0.1, -0.05) is 43.9 Å². The van der Waals surface area contributed by atoms with Crippen LogP contribution in [0.3, 0.4) is 0 Å². The van der Waals surface area contributed by atoms with Gasteiger partial charge >= 0.3 is 6.36 Å². The van der Waals surface area contributed by atoms with Crippen LogP contribution in [0.25, 0.3) is 6.08 Å². The SMILES string of the molecule is CCCCCCC1=Cc2ccc(OC(F)(F)F)cc2CC1. The van der Waals surface area contributed by atoms with E-state index in [1.54, 1.807) is 6.07 Å². The van der Waals surface area contributed by atoms with Crippen LogP contribution in [-0.4, -0.2) is 6.36 Å². The summed E-state index contributed by atoms with van der Waals surface area (Å²) in [4.78, 5) is 0. The number of rotatable bonds is 6. The fraction of sp³-hybridized carbons (Fsp3) is 0.529. The molecule has 0 heterocycles. The highest BCUT2D eigenvalue weighted by Gasteiger charge is 2.31. The minimum atomic E-state index is -4.62. The Kier molecular flexibility index (Phi) is 5.32. The van der Waals surface area contributed by atoms with Crippen LogP contribution in [0.5, 0.6) is 5.75 Å². The maximum atomic E-state index is 12.2. The van der Waals surface area contributed by atoms with E-state index in [9.17, 15) is 13.2 Å². The van der Waals surface area contributed by atoms with E-state index in [4.69, 9.17) is 0 Å². The first-order valence-corrected chi connectivity index (χ1v) is 7.56. The molecule has 0 amide bonds. The monoisotopic (exact) mass is 298 g/mol. The van der Waals surface area contributed by atoms with Crippen LogP contribution in [0.2, 0.25) is 0 Å². The van der Waals surface area contributed by atoms with Crippen molar-refractivity contribution in [2.24, 2.45) is 0 Å². The van der Waals surface area contributed by atoms with Crippen LogP contribution in [0, 0.1) is 0 Å². The number of alkyl halides is 3. The van der Waals surface area contributed by atoms with Crippen LogP contribution in [0.4, 0.5) is 13.2 Å². The quantitative estimate of drug-likeness (QED) is 0.595. The highest BCUT2D eigenvalue weighted by molar-refractivity contribution is 5.60. The number of benzene rings is 1. The van der Waals surface area contributed by atoms with Gasteiger partial charge in [0.1, 0.15) is 5.75 Å². The second kappa shape index (κ2) is 7.01. The molecule has 4 heteroatoms. The summed E-state index contributed by atoms with van der Waals surface area (Å²) in [5.41, 5.74) is 3.37. The van der Waals surface area contributed by atoms with Crippen molar-refractivity contribution in [2.75, 3.05) is 0 Å². The van der Waals surface area contributed by atoms with Gasteiger partial charge in [0.25, 0.3) is 0 Å². The predicted octanol–water partition coefficient (Wildman–Crippen LogP) is 5.89. The number of unbranched alkanes of at least 4 members (excludes halogenated alkanes) is 3. The molecule has 0 bridgehead atoms. The summed E-state index contributed by atoms with van der Waals surface area (Å²) in [5.74, 6) is -0.124. The van der Waals surface area contributed by atoms with Crippen LogP contribution in [0.1, 0.15) is 56.6 Å². The van der Waals surface area contributed by atoms with E-state index in [-0.39, 0.29) is 5.75 Å². The van der Waals surface area contributed by atoms with Crippen molar-refractivity contribution in [3.05, 3.63) is 34.9 Å². The molecule has 21 heavy (non-hydrogen) atoms. The zero-order valence-electron chi connectivity index (χ0n) is 12.3. The third kappa shape index (κ3) is 5.10. The predicted molar refractivity (Wildman–Crippen MR) is 78.2 cm³/mol. The number of ether oxygens (including phenoxy) is 1. The smallest absolute Gasteiger partial charge is 0.406 e. The molecule has 0 atom stereocenters. The second-order valence-electron chi connectivity index (χ2n) is 5.52. The molecular weight excluding hydrogens is 277 g/mol. The van der Waals surface area contributed by atoms with Gasteiger partial charge in [-0.05, 0) is 48.9 Å². The minimum absolute atomic E-state index is 0.124. The summed E-state index contributed by atoms with van der Waals surface area (Å²) >= 11 is 0. The van der Waals surface area contributed by atoms with E-state index < -0.39 is 6.36 Å². The first-order chi connectivity index (χ1) is 9.98. The van der Waals surface area contributed by atoms with Gasteiger partial charge in [0.2, 0.25) is 0 Å². The summed E-state index contributed by atoms with van der Waals surface area (Å²) in [6, 6.07) is 4.62. The van der Waals surface area contributed by atoms with Crippen LogP contribution in [-0.2, 0) is 6.42 Å². The molecule has 0 aliphatic heterocycles. The number of halogens is 3. The maximum absolute atomic E-state index is 12.2. The van der Waals surface area contributed by atoms with Gasteiger partial charge in [0.15, 0.2) is 0 Å². The van der Waals surface area contributed by atoms with Gasteiger partial charge in [-0.15, -0.1) is 13.2 Å². The Morgan fingerprint density at radius 2 is 1.90 bits per heavy atom. The number of fused-ring (bicyclic) bond motifs is 1. The van der Waals surface area contributed by atoms with Crippen molar-refractivity contribution < 1.29 is 17.9 Å². The lowest BCUT2D eigenvalue weighted by atomic mass is 9.89. The van der Waals surface area contributed by atoms with E-state index in [1.807, 2.05) is 0 Å². The fourth-order valence-corrected chi connectivity index (χ4v) is 2.70. The Bertz CT molecular complexity index is 503. The highest BCUT2D eigenvalue weighted by Crippen LogP contribution is 2.31. The maximum Gasteiger partial charge on any atom is 0.573 e. The molecule has 0 N–H and O–H groups in total. The van der Waals surface area contributed by atoms with Crippen molar-refractivity contribution in [1.29, 1.82) is 0 Å². The standard InChI is InChI=1S/C17H21F3O/c1-2-3-4-5-6-13-7-8-15-12-16(21-17(18,19)20)10-9-14(15)11-13/h9-12H,2-8H2,1H3. The number of allylic oxidation sites excluding steroid dienone is 1. The molecule has 0 spiro atoms. The molecule has 1 nitrogen and oxygen atoms in total. The molecule has 116 valence electrons. The van der Waals surface area contributed by atoms with E-state index >= 15 is 0 Å². The van der Waals surface area contributed by atoms with Gasteiger partial charge < -0.3 is 4.74 Å². The molecule has 1 aromatic rings. The normalized spacial score (nSPS) is 14.6. The average Bonchev–Trinajstić information content (AvgIpc) is 2.42. The zero-order chi connectivity index (χ0) is 15.3. The molecule has 1 aliphatic carbocycles. The van der Waals surface area contributed by atoms with E-state index in [2.05, 4.69) is 17.7 Å². The molecule has 2 rings (SSSR count). The summed E-state index contributed by atoms with van der Waals surface area (Å²) in [5, 5.41) is 0. The highest BCUT2D eigenvalue weighted by atomic mass is 19.4. The third-order valence-electron chi connectivity index (χ3n) is 3.77. The largest absolute Gasteiger partial charge is 0.573 e. The van der Waals surface area contributed by atoms with Gasteiger partial charge in [-0.3, -0.25) is 0 Å². The summed E-state index contributed by atoms with van der Waals surface area (Å²) < 4.78 is 40.6. The summed E-state index contributed by atoms with van der Waals surface area (Å²) in [7, 11) is 0. The Hall–Kier alpha value is -1.45. The summed E-state index contributed by atoms with van der Waals surface area (Å²) in [6.07, 6.45) is 5.28. The number of hydrogen-bond acceptors (Lipinski definition) is 1. The van der Waals surface area contributed by atoms with Gasteiger partial charge in [-0.2, -0.15) is 0 Å². The van der Waals surface area contributed by atoms with Crippen LogP contribution in [0.15, 0.2) is 23.8 Å².